The molecule has 18 heteroatoms. The predicted octanol–water partition coefficient (Wildman–Crippen LogP) is 5.78. The van der Waals surface area contributed by atoms with Gasteiger partial charge in [0.1, 0.15) is 22.8 Å². The van der Waals surface area contributed by atoms with Crippen molar-refractivity contribution in [1.82, 2.24) is 9.80 Å². The van der Waals surface area contributed by atoms with Gasteiger partial charge in [-0.15, -0.1) is 6.58 Å². The number of ether oxygens (including phenoxy) is 4. The van der Waals surface area contributed by atoms with Crippen molar-refractivity contribution in [3.05, 3.63) is 12.7 Å². The summed E-state index contributed by atoms with van der Waals surface area (Å²) >= 11 is 3.46. The van der Waals surface area contributed by atoms with Gasteiger partial charge in [-0.1, -0.05) is 26.3 Å². The first kappa shape index (κ1) is 57.6. The maximum absolute atomic E-state index is 13.0. The maximum atomic E-state index is 13.0. The molecule has 2 amide bonds. The molecule has 0 saturated carbocycles. The van der Waals surface area contributed by atoms with Crippen LogP contribution in [0.15, 0.2) is 12.7 Å². The van der Waals surface area contributed by atoms with Crippen molar-refractivity contribution < 1.29 is 89.1 Å². The molecule has 0 bridgehead atoms. The number of hydrogen-bond acceptors (Lipinski definition) is 13. The first-order chi connectivity index (χ1) is 27.3. The molecule has 4 aliphatic rings. The van der Waals surface area contributed by atoms with E-state index in [1.54, 1.807) is 6.08 Å². The molecule has 0 aliphatic carbocycles. The van der Waals surface area contributed by atoms with Crippen LogP contribution in [0.2, 0.25) is 12.6 Å². The Labute approximate surface area is 400 Å². The molecule has 0 aromatic carbocycles. The van der Waals surface area contributed by atoms with E-state index in [1.165, 1.54) is 24.0 Å². The van der Waals surface area contributed by atoms with Gasteiger partial charge >= 0.3 is 67.9 Å². The summed E-state index contributed by atoms with van der Waals surface area (Å²) in [6.45, 7) is 31.8. The minimum absolute atomic E-state index is 0. The third kappa shape index (κ3) is 15.6. The molecule has 4 atom stereocenters. The Kier molecular flexibility index (Phi) is 21.8. The summed E-state index contributed by atoms with van der Waals surface area (Å²) in [5.41, 5.74) is -3.84. The van der Waals surface area contributed by atoms with E-state index >= 15 is 0 Å². The van der Waals surface area contributed by atoms with E-state index in [0.29, 0.717) is 45.0 Å². The van der Waals surface area contributed by atoms with Gasteiger partial charge < -0.3 is 39.0 Å². The van der Waals surface area contributed by atoms with E-state index in [1.807, 2.05) is 96.9 Å². The first-order valence-corrected chi connectivity index (χ1v) is 21.4. The van der Waals surface area contributed by atoms with Crippen molar-refractivity contribution in [1.29, 1.82) is 0 Å². The number of methoxy groups -OCH3 is 2. The number of nitrogens with zero attached hydrogens (tertiary/aromatic N) is 2. The SMILES string of the molecule is C.C=CCC1(C(=O)OC)CC(CCB2OC(C)(C)C(C)(C)O2)CN1C(=O)OC(C)(C)C.COC(=O)C1CC(CCB2OC(C)(C)C(C)(C)O2)CN1C(=O)OC(C)(C)C.[2H]CS.[H-].[Na+]. The number of carbonyl (C=O) groups excluding carboxylic acids is 4. The van der Waals surface area contributed by atoms with Crippen LogP contribution in [0.5, 0.6) is 0 Å². The number of carbonyl (C=O) groups is 4. The molecular weight excluding hydrogens is 813 g/mol. The molecular formula is C43H81B2N2NaO12S. The largest absolute Gasteiger partial charge is 1.00 e. The molecule has 4 heterocycles. The van der Waals surface area contributed by atoms with E-state index in [2.05, 4.69) is 19.2 Å². The van der Waals surface area contributed by atoms with Crippen molar-refractivity contribution in [2.45, 2.75) is 194 Å². The monoisotopic (exact) mass is 896 g/mol. The molecule has 4 saturated heterocycles. The van der Waals surface area contributed by atoms with Gasteiger partial charge in [0.25, 0.3) is 0 Å². The number of esters is 2. The topological polar surface area (TPSA) is 149 Å². The standard InChI is InChI=1S/C22H38BNO6.C19H34BNO6.CH4S.CH4.Na.H/c1-10-12-22(17(25)27-9)14-16(15-24(22)18(26)28-19(2,3)4)11-13-23-29-20(5,6)21(7,8)30-23;1-17(2,3)25-16(23)21-12-13(11-14(21)15(22)24-8)9-10-20-26-18(4,5)19(6,7)27-20;1-2;;;/h10,16H,1,11-15H2,2-9H3;13-14H,9-12H2,1-8H3;2H,1H3;1H4;;/q;;;;+1;-1/i;;1D;;;. The Balaban J connectivity index is 0. The average molecular weight is 896 g/mol. The Morgan fingerprint density at radius 2 is 1.20 bits per heavy atom. The molecule has 4 aliphatic heterocycles. The quantitative estimate of drug-likeness (QED) is 0.0933. The van der Waals surface area contributed by atoms with E-state index in [9.17, 15) is 19.2 Å². The van der Waals surface area contributed by atoms with Crippen LogP contribution in [0.3, 0.4) is 0 Å². The van der Waals surface area contributed by atoms with Crippen molar-refractivity contribution in [3.63, 3.8) is 0 Å². The summed E-state index contributed by atoms with van der Waals surface area (Å²) in [5, 5.41) is 0. The van der Waals surface area contributed by atoms with E-state index < -0.39 is 46.9 Å². The summed E-state index contributed by atoms with van der Waals surface area (Å²) in [6, 6.07) is -0.604. The predicted molar refractivity (Wildman–Crippen MR) is 241 cm³/mol. The Morgan fingerprint density at radius 1 is 0.787 bits per heavy atom. The van der Waals surface area contributed by atoms with Crippen LogP contribution in [0, 0.1) is 11.8 Å². The van der Waals surface area contributed by atoms with Crippen LogP contribution in [0.4, 0.5) is 9.59 Å². The Bertz CT molecular complexity index is 1470. The fourth-order valence-corrected chi connectivity index (χ4v) is 7.67. The van der Waals surface area contributed by atoms with Crippen LogP contribution in [0.25, 0.3) is 0 Å². The summed E-state index contributed by atoms with van der Waals surface area (Å²) in [7, 11) is 2.10. The molecule has 0 N–H and O–H groups in total. The van der Waals surface area contributed by atoms with Gasteiger partial charge in [0.15, 0.2) is 0 Å². The fourth-order valence-electron chi connectivity index (χ4n) is 7.67. The van der Waals surface area contributed by atoms with Gasteiger partial charge in [0.2, 0.25) is 0 Å². The van der Waals surface area contributed by atoms with Crippen LogP contribution >= 0.6 is 12.6 Å². The number of amides is 2. The van der Waals surface area contributed by atoms with Crippen LogP contribution < -0.4 is 29.6 Å². The Hall–Kier alpha value is -1.46. The van der Waals surface area contributed by atoms with Gasteiger partial charge in [0.05, 0.1) is 36.6 Å². The zero-order chi connectivity index (χ0) is 46.3. The van der Waals surface area contributed by atoms with Gasteiger partial charge in [-0.05, 0) is 147 Å². The van der Waals surface area contributed by atoms with Gasteiger partial charge in [-0.2, -0.15) is 12.6 Å². The second-order valence-electron chi connectivity index (χ2n) is 20.0. The fraction of sp³-hybridized carbons (Fsp3) is 0.860. The molecule has 61 heavy (non-hydrogen) atoms. The number of rotatable bonds is 10. The summed E-state index contributed by atoms with van der Waals surface area (Å²) in [4.78, 5) is 53.5. The molecule has 4 rings (SSSR count). The van der Waals surface area contributed by atoms with E-state index in [-0.39, 0.29) is 93.1 Å². The maximum Gasteiger partial charge on any atom is 1.00 e. The molecule has 0 radical (unpaired) electrons. The second kappa shape index (κ2) is 23.1. The number of likely N-dealkylation sites (tertiary alicyclic amines) is 2. The minimum atomic E-state index is -1.10. The average Bonchev–Trinajstić information content (AvgIpc) is 3.80. The van der Waals surface area contributed by atoms with E-state index in [4.69, 9.17) is 38.9 Å². The third-order valence-corrected chi connectivity index (χ3v) is 12.0. The van der Waals surface area contributed by atoms with Gasteiger partial charge in [-0.25, -0.2) is 19.2 Å². The normalized spacial score (nSPS) is 25.9. The zero-order valence-corrected chi connectivity index (χ0v) is 42.9. The van der Waals surface area contributed by atoms with Gasteiger partial charge in [-0.3, -0.25) is 9.80 Å². The molecule has 4 fully saturated rings. The number of thiol groups is 1. The third-order valence-electron chi connectivity index (χ3n) is 12.0. The first-order valence-electron chi connectivity index (χ1n) is 21.4. The summed E-state index contributed by atoms with van der Waals surface area (Å²) in [6.07, 6.45) is 5.19. The van der Waals surface area contributed by atoms with Crippen molar-refractivity contribution in [2.24, 2.45) is 11.8 Å². The minimum Gasteiger partial charge on any atom is -1.00 e. The molecule has 4 unspecified atom stereocenters. The van der Waals surface area contributed by atoms with Crippen LogP contribution in [-0.4, -0.2) is 127 Å². The molecule has 0 spiro atoms. The van der Waals surface area contributed by atoms with Crippen LogP contribution in [0.1, 0.15) is 139 Å². The van der Waals surface area contributed by atoms with Crippen molar-refractivity contribution >= 4 is 51.0 Å². The molecule has 0 aromatic rings. The molecule has 0 aromatic heterocycles. The Morgan fingerprint density at radius 3 is 1.57 bits per heavy atom. The van der Waals surface area contributed by atoms with Crippen molar-refractivity contribution in [2.75, 3.05) is 33.5 Å². The second-order valence-corrected chi connectivity index (χ2v) is 20.0. The van der Waals surface area contributed by atoms with Crippen molar-refractivity contribution in [3.8, 4) is 0 Å². The number of hydrogen-bond donors (Lipinski definition) is 1. The van der Waals surface area contributed by atoms with Gasteiger partial charge in [0, 0.05) is 14.5 Å². The van der Waals surface area contributed by atoms with Crippen LogP contribution in [-0.2, 0) is 47.2 Å². The molecule has 14 nitrogen and oxygen atoms in total. The molecule has 348 valence electrons. The zero-order valence-electron chi connectivity index (χ0n) is 42.0. The summed E-state index contributed by atoms with van der Waals surface area (Å²) in [5.74, 6) is -0.582. The van der Waals surface area contributed by atoms with E-state index in [0.717, 1.165) is 12.8 Å². The smallest absolute Gasteiger partial charge is 1.00 e. The summed E-state index contributed by atoms with van der Waals surface area (Å²) < 4.78 is 51.4.